The Morgan fingerprint density at radius 2 is 1.61 bits per heavy atom. The first-order chi connectivity index (χ1) is 13.5. The van der Waals surface area contributed by atoms with E-state index in [0.29, 0.717) is 25.9 Å². The molecule has 148 valence electrons. The van der Waals surface area contributed by atoms with Crippen LogP contribution in [0.3, 0.4) is 0 Å². The van der Waals surface area contributed by atoms with Crippen molar-refractivity contribution >= 4 is 23.2 Å². The van der Waals surface area contributed by atoms with Crippen LogP contribution in [0.15, 0.2) is 54.6 Å². The lowest BCUT2D eigenvalue weighted by molar-refractivity contribution is -0.132. The minimum Gasteiger partial charge on any atom is -0.368 e. The number of anilines is 2. The lowest BCUT2D eigenvalue weighted by Crippen LogP contribution is -2.49. The molecule has 1 aliphatic heterocycles. The number of piperazine rings is 1. The van der Waals surface area contributed by atoms with Gasteiger partial charge in [0.25, 0.3) is 0 Å². The minimum absolute atomic E-state index is 0.0219. The molecule has 0 unspecified atom stereocenters. The highest BCUT2D eigenvalue weighted by Gasteiger charge is 2.23. The summed E-state index contributed by atoms with van der Waals surface area (Å²) in [7, 11) is 0. The van der Waals surface area contributed by atoms with Gasteiger partial charge in [-0.3, -0.25) is 9.59 Å². The zero-order valence-electron chi connectivity index (χ0n) is 16.1. The molecule has 5 nitrogen and oxygen atoms in total. The molecule has 1 atom stereocenters. The Labute approximate surface area is 165 Å². The van der Waals surface area contributed by atoms with E-state index in [4.69, 9.17) is 0 Å². The molecule has 1 heterocycles. The summed E-state index contributed by atoms with van der Waals surface area (Å²) in [6.45, 7) is 4.65. The number of carbonyl (C=O) groups is 2. The number of benzene rings is 2. The van der Waals surface area contributed by atoms with Crippen molar-refractivity contribution in [3.8, 4) is 0 Å². The summed E-state index contributed by atoms with van der Waals surface area (Å²) >= 11 is 0. The van der Waals surface area contributed by atoms with Gasteiger partial charge in [-0.05, 0) is 42.3 Å². The first kappa shape index (κ1) is 19.9. The maximum Gasteiger partial charge on any atom is 0.224 e. The predicted molar refractivity (Wildman–Crippen MR) is 109 cm³/mol. The first-order valence-corrected chi connectivity index (χ1v) is 9.64. The summed E-state index contributed by atoms with van der Waals surface area (Å²) in [6.07, 6.45) is 0.676. The Bertz CT molecular complexity index is 787. The van der Waals surface area contributed by atoms with Gasteiger partial charge in [0.15, 0.2) is 0 Å². The maximum atomic E-state index is 13.1. The van der Waals surface area contributed by atoms with Crippen molar-refractivity contribution in [3.63, 3.8) is 0 Å². The zero-order valence-corrected chi connectivity index (χ0v) is 16.1. The van der Waals surface area contributed by atoms with E-state index < -0.39 is 0 Å². The second kappa shape index (κ2) is 9.35. The molecule has 3 rings (SSSR count). The molecule has 0 bridgehead atoms. The first-order valence-electron chi connectivity index (χ1n) is 9.64. The molecule has 0 radical (unpaired) electrons. The van der Waals surface area contributed by atoms with Gasteiger partial charge in [-0.25, -0.2) is 4.39 Å². The van der Waals surface area contributed by atoms with Crippen LogP contribution in [0.5, 0.6) is 0 Å². The van der Waals surface area contributed by atoms with Crippen LogP contribution in [0.1, 0.15) is 19.8 Å². The molecule has 2 aromatic carbocycles. The maximum absolute atomic E-state index is 13.1. The smallest absolute Gasteiger partial charge is 0.224 e. The van der Waals surface area contributed by atoms with E-state index in [2.05, 4.69) is 10.2 Å². The van der Waals surface area contributed by atoms with Crippen molar-refractivity contribution in [1.82, 2.24) is 4.90 Å². The van der Waals surface area contributed by atoms with Gasteiger partial charge in [-0.1, -0.05) is 25.1 Å². The van der Waals surface area contributed by atoms with Gasteiger partial charge in [0.1, 0.15) is 5.82 Å². The second-order valence-corrected chi connectivity index (χ2v) is 7.27. The fourth-order valence-corrected chi connectivity index (χ4v) is 3.42. The Morgan fingerprint density at radius 3 is 2.25 bits per heavy atom. The van der Waals surface area contributed by atoms with Crippen LogP contribution in [-0.2, 0) is 9.59 Å². The second-order valence-electron chi connectivity index (χ2n) is 7.27. The lowest BCUT2D eigenvalue weighted by atomic mass is 10.0. The van der Waals surface area contributed by atoms with Crippen molar-refractivity contribution in [2.75, 3.05) is 36.4 Å². The lowest BCUT2D eigenvalue weighted by Gasteiger charge is -2.36. The number of hydrogen-bond donors (Lipinski definition) is 1. The van der Waals surface area contributed by atoms with Gasteiger partial charge in [0.2, 0.25) is 11.8 Å². The summed E-state index contributed by atoms with van der Waals surface area (Å²) in [5.41, 5.74) is 1.74. The third-order valence-electron chi connectivity index (χ3n) is 4.94. The van der Waals surface area contributed by atoms with Gasteiger partial charge in [-0.2, -0.15) is 0 Å². The number of amides is 2. The Hall–Kier alpha value is -2.89. The van der Waals surface area contributed by atoms with Crippen molar-refractivity contribution in [2.45, 2.75) is 19.8 Å². The Kier molecular flexibility index (Phi) is 6.63. The van der Waals surface area contributed by atoms with E-state index in [1.165, 1.54) is 12.1 Å². The highest BCUT2D eigenvalue weighted by molar-refractivity contribution is 5.91. The number of hydrogen-bond acceptors (Lipinski definition) is 3. The van der Waals surface area contributed by atoms with E-state index in [1.807, 2.05) is 42.2 Å². The summed E-state index contributed by atoms with van der Waals surface area (Å²) in [5.74, 6) is -0.263. The van der Waals surface area contributed by atoms with E-state index in [-0.39, 0.29) is 23.5 Å². The molecule has 6 heteroatoms. The average molecular weight is 383 g/mol. The number of para-hydroxylation sites is 1. The Balaban J connectivity index is 1.42. The van der Waals surface area contributed by atoms with Gasteiger partial charge < -0.3 is 15.1 Å². The highest BCUT2D eigenvalue weighted by Crippen LogP contribution is 2.18. The average Bonchev–Trinajstić information content (AvgIpc) is 2.69. The SMILES string of the molecule is C[C@@H](CC(=O)Nc1ccccc1)CC(=O)N1CCN(c2ccc(F)cc2)CC1. The predicted octanol–water partition coefficient (Wildman–Crippen LogP) is 3.53. The molecule has 0 saturated carbocycles. The third-order valence-corrected chi connectivity index (χ3v) is 4.94. The molecular weight excluding hydrogens is 357 g/mol. The van der Waals surface area contributed by atoms with Crippen LogP contribution in [0, 0.1) is 11.7 Å². The minimum atomic E-state index is -0.247. The van der Waals surface area contributed by atoms with E-state index in [1.54, 1.807) is 12.1 Å². The quantitative estimate of drug-likeness (QED) is 0.830. The van der Waals surface area contributed by atoms with Gasteiger partial charge in [0.05, 0.1) is 0 Å². The normalized spacial score (nSPS) is 15.2. The molecule has 1 fully saturated rings. The standard InChI is InChI=1S/C22H26FN3O2/c1-17(15-21(27)24-19-5-3-2-4-6-19)16-22(28)26-13-11-25(12-14-26)20-9-7-18(23)8-10-20/h2-10,17H,11-16H2,1H3,(H,24,27)/t17-/m0/s1. The molecule has 0 aromatic heterocycles. The van der Waals surface area contributed by atoms with Crippen LogP contribution < -0.4 is 10.2 Å². The van der Waals surface area contributed by atoms with Crippen molar-refractivity contribution in [2.24, 2.45) is 5.92 Å². The van der Waals surface area contributed by atoms with Crippen molar-refractivity contribution in [3.05, 3.63) is 60.4 Å². The van der Waals surface area contributed by atoms with Crippen molar-refractivity contribution in [1.29, 1.82) is 0 Å². The summed E-state index contributed by atoms with van der Waals surface area (Å²) < 4.78 is 13.1. The number of carbonyl (C=O) groups excluding carboxylic acids is 2. The van der Waals surface area contributed by atoms with Gasteiger partial charge >= 0.3 is 0 Å². The number of nitrogens with one attached hydrogen (secondary N) is 1. The molecule has 1 N–H and O–H groups in total. The van der Waals surface area contributed by atoms with E-state index >= 15 is 0 Å². The zero-order chi connectivity index (χ0) is 19.9. The number of rotatable bonds is 6. The molecule has 0 aliphatic carbocycles. The molecular formula is C22H26FN3O2. The Morgan fingerprint density at radius 1 is 0.964 bits per heavy atom. The van der Waals surface area contributed by atoms with Crippen LogP contribution >= 0.6 is 0 Å². The third kappa shape index (κ3) is 5.55. The molecule has 0 spiro atoms. The molecule has 2 amide bonds. The topological polar surface area (TPSA) is 52.7 Å². The molecule has 1 aliphatic rings. The number of halogens is 1. The van der Waals surface area contributed by atoms with E-state index in [9.17, 15) is 14.0 Å². The van der Waals surface area contributed by atoms with Crippen LogP contribution in [0.2, 0.25) is 0 Å². The fourth-order valence-electron chi connectivity index (χ4n) is 3.42. The van der Waals surface area contributed by atoms with Crippen LogP contribution in [0.4, 0.5) is 15.8 Å². The summed E-state index contributed by atoms with van der Waals surface area (Å²) in [4.78, 5) is 28.7. The molecule has 1 saturated heterocycles. The highest BCUT2D eigenvalue weighted by atomic mass is 19.1. The monoisotopic (exact) mass is 383 g/mol. The molecule has 28 heavy (non-hydrogen) atoms. The summed E-state index contributed by atoms with van der Waals surface area (Å²) in [6, 6.07) is 15.8. The van der Waals surface area contributed by atoms with Crippen molar-refractivity contribution < 1.29 is 14.0 Å². The van der Waals surface area contributed by atoms with E-state index in [0.717, 1.165) is 24.5 Å². The van der Waals surface area contributed by atoms with Gasteiger partial charge in [0, 0.05) is 50.4 Å². The number of nitrogens with zero attached hydrogens (tertiary/aromatic N) is 2. The molecule has 2 aromatic rings. The van der Waals surface area contributed by atoms with Crippen LogP contribution in [0.25, 0.3) is 0 Å². The van der Waals surface area contributed by atoms with Crippen LogP contribution in [-0.4, -0.2) is 42.9 Å². The van der Waals surface area contributed by atoms with Gasteiger partial charge in [-0.15, -0.1) is 0 Å². The summed E-state index contributed by atoms with van der Waals surface area (Å²) in [5, 5.41) is 2.86. The largest absolute Gasteiger partial charge is 0.368 e. The fraction of sp³-hybridized carbons (Fsp3) is 0.364.